The molecule has 0 aliphatic carbocycles. The van der Waals surface area contributed by atoms with Gasteiger partial charge in [-0.3, -0.25) is 0 Å². The van der Waals surface area contributed by atoms with Gasteiger partial charge in [0.1, 0.15) is 12.1 Å². The third kappa shape index (κ3) is 2.88. The number of rotatable bonds is 6. The SMILES string of the molecule is CCCCCC(C)Nc1cc2n[nH]c(=O)n2cn1. The first-order valence-corrected chi connectivity index (χ1v) is 6.40. The van der Waals surface area contributed by atoms with E-state index in [-0.39, 0.29) is 5.69 Å². The Balaban J connectivity index is 2.01. The van der Waals surface area contributed by atoms with Crippen LogP contribution in [-0.2, 0) is 0 Å². The average Bonchev–Trinajstić information content (AvgIpc) is 2.71. The molecule has 0 radical (unpaired) electrons. The van der Waals surface area contributed by atoms with Gasteiger partial charge >= 0.3 is 5.69 Å². The molecule has 0 spiro atoms. The Bertz CT molecular complexity index is 559. The molecular formula is C12H19N5O. The van der Waals surface area contributed by atoms with Gasteiger partial charge in [-0.25, -0.2) is 19.3 Å². The van der Waals surface area contributed by atoms with Crippen molar-refractivity contribution >= 4 is 11.5 Å². The van der Waals surface area contributed by atoms with Crippen LogP contribution in [0.4, 0.5) is 5.82 Å². The average molecular weight is 249 g/mol. The molecule has 0 aliphatic rings. The predicted molar refractivity (Wildman–Crippen MR) is 70.8 cm³/mol. The second kappa shape index (κ2) is 5.66. The maximum absolute atomic E-state index is 11.3. The molecule has 0 bridgehead atoms. The lowest BCUT2D eigenvalue weighted by molar-refractivity contribution is 0.613. The van der Waals surface area contributed by atoms with E-state index in [0.717, 1.165) is 12.2 Å². The van der Waals surface area contributed by atoms with Gasteiger partial charge in [0.25, 0.3) is 0 Å². The predicted octanol–water partition coefficient (Wildman–Crippen LogP) is 1.80. The first kappa shape index (κ1) is 12.6. The maximum Gasteiger partial charge on any atom is 0.348 e. The number of nitrogens with zero attached hydrogens (tertiary/aromatic N) is 3. The zero-order valence-electron chi connectivity index (χ0n) is 10.8. The number of anilines is 1. The summed E-state index contributed by atoms with van der Waals surface area (Å²) >= 11 is 0. The minimum atomic E-state index is -0.264. The van der Waals surface area contributed by atoms with Gasteiger partial charge in [-0.15, -0.1) is 0 Å². The summed E-state index contributed by atoms with van der Waals surface area (Å²) in [6.45, 7) is 4.33. The minimum Gasteiger partial charge on any atom is -0.367 e. The summed E-state index contributed by atoms with van der Waals surface area (Å²) < 4.78 is 1.38. The number of H-pyrrole nitrogens is 1. The Morgan fingerprint density at radius 2 is 2.33 bits per heavy atom. The number of nitrogens with one attached hydrogen (secondary N) is 2. The van der Waals surface area contributed by atoms with Crippen LogP contribution in [0.3, 0.4) is 0 Å². The third-order valence-electron chi connectivity index (χ3n) is 2.94. The number of hydrogen-bond acceptors (Lipinski definition) is 4. The Labute approximate surface area is 105 Å². The second-order valence-corrected chi connectivity index (χ2v) is 4.57. The van der Waals surface area contributed by atoms with E-state index in [1.54, 1.807) is 6.07 Å². The molecule has 2 aromatic rings. The van der Waals surface area contributed by atoms with E-state index in [1.807, 2.05) is 0 Å². The van der Waals surface area contributed by atoms with Crippen molar-refractivity contribution in [3.05, 3.63) is 22.9 Å². The van der Waals surface area contributed by atoms with Crippen molar-refractivity contribution in [2.75, 3.05) is 5.32 Å². The summed E-state index contributed by atoms with van der Waals surface area (Å²) in [4.78, 5) is 15.5. The minimum absolute atomic E-state index is 0.264. The highest BCUT2D eigenvalue weighted by atomic mass is 16.1. The van der Waals surface area contributed by atoms with Gasteiger partial charge in [0.15, 0.2) is 5.65 Å². The van der Waals surface area contributed by atoms with E-state index in [1.165, 1.54) is 30.0 Å². The molecule has 1 atom stereocenters. The lowest BCUT2D eigenvalue weighted by Gasteiger charge is -2.13. The smallest absolute Gasteiger partial charge is 0.348 e. The number of hydrogen-bond donors (Lipinski definition) is 2. The second-order valence-electron chi connectivity index (χ2n) is 4.57. The van der Waals surface area contributed by atoms with E-state index >= 15 is 0 Å². The molecule has 2 rings (SSSR count). The molecule has 2 aromatic heterocycles. The molecule has 0 fully saturated rings. The summed E-state index contributed by atoms with van der Waals surface area (Å²) in [6.07, 6.45) is 6.31. The Hall–Kier alpha value is -1.85. The summed E-state index contributed by atoms with van der Waals surface area (Å²) in [5.74, 6) is 0.755. The van der Waals surface area contributed by atoms with Crippen LogP contribution in [-0.4, -0.2) is 25.6 Å². The van der Waals surface area contributed by atoms with Crippen LogP contribution in [0.1, 0.15) is 39.5 Å². The van der Waals surface area contributed by atoms with Crippen LogP contribution in [0.5, 0.6) is 0 Å². The fraction of sp³-hybridized carbons (Fsp3) is 0.583. The van der Waals surface area contributed by atoms with Crippen molar-refractivity contribution < 1.29 is 0 Å². The molecule has 6 nitrogen and oxygen atoms in total. The fourth-order valence-electron chi connectivity index (χ4n) is 1.91. The van der Waals surface area contributed by atoms with E-state index < -0.39 is 0 Å². The largest absolute Gasteiger partial charge is 0.367 e. The number of unbranched alkanes of at least 4 members (excludes halogenated alkanes) is 2. The van der Waals surface area contributed by atoms with Crippen molar-refractivity contribution in [2.45, 2.75) is 45.6 Å². The Morgan fingerprint density at radius 1 is 1.50 bits per heavy atom. The van der Waals surface area contributed by atoms with Gasteiger partial charge in [-0.1, -0.05) is 26.2 Å². The molecule has 0 amide bonds. The topological polar surface area (TPSA) is 75.1 Å². The third-order valence-corrected chi connectivity index (χ3v) is 2.94. The molecule has 6 heteroatoms. The number of fused-ring (bicyclic) bond motifs is 1. The quantitative estimate of drug-likeness (QED) is 0.765. The molecule has 18 heavy (non-hydrogen) atoms. The summed E-state index contributed by atoms with van der Waals surface area (Å²) in [5, 5.41) is 9.62. The Morgan fingerprint density at radius 3 is 3.11 bits per heavy atom. The molecule has 2 heterocycles. The van der Waals surface area contributed by atoms with E-state index in [0.29, 0.717) is 11.7 Å². The number of aromatic amines is 1. The molecule has 98 valence electrons. The molecule has 0 aromatic carbocycles. The van der Waals surface area contributed by atoms with Crippen LogP contribution in [0.25, 0.3) is 5.65 Å². The van der Waals surface area contributed by atoms with Crippen molar-refractivity contribution in [1.29, 1.82) is 0 Å². The van der Waals surface area contributed by atoms with Crippen molar-refractivity contribution in [3.63, 3.8) is 0 Å². The van der Waals surface area contributed by atoms with E-state index in [4.69, 9.17) is 0 Å². The van der Waals surface area contributed by atoms with Crippen LogP contribution in [0, 0.1) is 0 Å². The normalized spacial score (nSPS) is 12.8. The molecule has 2 N–H and O–H groups in total. The highest BCUT2D eigenvalue weighted by molar-refractivity contribution is 5.48. The summed E-state index contributed by atoms with van der Waals surface area (Å²) in [6, 6.07) is 2.14. The highest BCUT2D eigenvalue weighted by Gasteiger charge is 2.05. The van der Waals surface area contributed by atoms with Crippen LogP contribution in [0.2, 0.25) is 0 Å². The lowest BCUT2D eigenvalue weighted by atomic mass is 10.1. The monoisotopic (exact) mass is 249 g/mol. The van der Waals surface area contributed by atoms with Gasteiger partial charge < -0.3 is 5.32 Å². The zero-order valence-corrected chi connectivity index (χ0v) is 10.8. The van der Waals surface area contributed by atoms with E-state index in [2.05, 4.69) is 34.3 Å². The van der Waals surface area contributed by atoms with Crippen molar-refractivity contribution in [2.24, 2.45) is 0 Å². The molecule has 0 aliphatic heterocycles. The van der Waals surface area contributed by atoms with Gasteiger partial charge in [-0.05, 0) is 13.3 Å². The maximum atomic E-state index is 11.3. The summed E-state index contributed by atoms with van der Waals surface area (Å²) in [7, 11) is 0. The van der Waals surface area contributed by atoms with Gasteiger partial charge in [-0.2, -0.15) is 5.10 Å². The Kier molecular flexibility index (Phi) is 3.96. The zero-order chi connectivity index (χ0) is 13.0. The lowest BCUT2D eigenvalue weighted by Crippen LogP contribution is -2.16. The molecule has 0 saturated heterocycles. The van der Waals surface area contributed by atoms with Crippen LogP contribution >= 0.6 is 0 Å². The molecular weight excluding hydrogens is 230 g/mol. The van der Waals surface area contributed by atoms with Crippen LogP contribution < -0.4 is 11.0 Å². The summed E-state index contributed by atoms with van der Waals surface area (Å²) in [5.41, 5.74) is 0.318. The molecule has 0 saturated carbocycles. The first-order chi connectivity index (χ1) is 8.70. The standard InChI is InChI=1S/C12H19N5O/c1-3-4-5-6-9(2)14-10-7-11-15-16-12(18)17(11)8-13-10/h7-9,14H,3-6H2,1-2H3,(H,16,18). The van der Waals surface area contributed by atoms with Gasteiger partial charge in [0, 0.05) is 12.1 Å². The number of aromatic nitrogens is 4. The van der Waals surface area contributed by atoms with Gasteiger partial charge in [0.05, 0.1) is 0 Å². The van der Waals surface area contributed by atoms with Crippen LogP contribution in [0.15, 0.2) is 17.2 Å². The van der Waals surface area contributed by atoms with Crippen molar-refractivity contribution in [3.8, 4) is 0 Å². The fourth-order valence-corrected chi connectivity index (χ4v) is 1.91. The van der Waals surface area contributed by atoms with Gasteiger partial charge in [0.2, 0.25) is 0 Å². The highest BCUT2D eigenvalue weighted by Crippen LogP contribution is 2.10. The van der Waals surface area contributed by atoms with Crippen molar-refractivity contribution in [1.82, 2.24) is 19.6 Å². The first-order valence-electron chi connectivity index (χ1n) is 6.40. The van der Waals surface area contributed by atoms with E-state index in [9.17, 15) is 4.79 Å². The molecule has 1 unspecified atom stereocenters.